The second kappa shape index (κ2) is 16.1. The third-order valence-electron chi connectivity index (χ3n) is 11.9. The summed E-state index contributed by atoms with van der Waals surface area (Å²) >= 11 is 0. The zero-order valence-electron chi connectivity index (χ0n) is 32.6. The standard InChI is InChI=1S/C46H46N6O6/c1-29-7-13-41(44(53)49-29)52-45(54)37-12-10-33(26-38(37)46(52)55)56-22-6-4-3-5-19-51-20-16-32(17-21-51)57-34-24-35(25-34)58-43-14-9-31(27-48-43)30-8-11-36-39-28-47-18-15-40(39)50(2)42(36)23-30/h8-12,14-15,18,23,26-28,32,34-35,41H,1,3,5,7,13,16-17,19-22,24-25H2,2H3,(H,49,53). The van der Waals surface area contributed by atoms with Gasteiger partial charge < -0.3 is 29.0 Å². The number of carbonyl (C=O) groups excluding carboxylic acids is 3. The summed E-state index contributed by atoms with van der Waals surface area (Å²) in [6, 6.07) is 16.6. The molecule has 3 aromatic heterocycles. The van der Waals surface area contributed by atoms with E-state index in [4.69, 9.17) is 14.2 Å². The Morgan fingerprint density at radius 2 is 1.67 bits per heavy atom. The number of ether oxygens (including phenoxy) is 3. The van der Waals surface area contributed by atoms with Gasteiger partial charge in [-0.3, -0.25) is 24.3 Å². The molecule has 2 saturated heterocycles. The Morgan fingerprint density at radius 3 is 2.48 bits per heavy atom. The van der Waals surface area contributed by atoms with E-state index < -0.39 is 17.9 Å². The van der Waals surface area contributed by atoms with E-state index in [0.29, 0.717) is 30.2 Å². The van der Waals surface area contributed by atoms with Gasteiger partial charge in [0.25, 0.3) is 11.8 Å². The van der Waals surface area contributed by atoms with Crippen LogP contribution in [0.25, 0.3) is 32.9 Å². The minimum absolute atomic E-state index is 0.128. The molecule has 1 aliphatic carbocycles. The number of hydrogen-bond acceptors (Lipinski definition) is 9. The Morgan fingerprint density at radius 1 is 0.845 bits per heavy atom. The van der Waals surface area contributed by atoms with Gasteiger partial charge in [0.15, 0.2) is 0 Å². The molecule has 0 radical (unpaired) electrons. The second-order valence-electron chi connectivity index (χ2n) is 15.7. The molecule has 1 N–H and O–H groups in total. The van der Waals surface area contributed by atoms with Gasteiger partial charge >= 0.3 is 0 Å². The van der Waals surface area contributed by atoms with Crippen molar-refractivity contribution in [1.82, 2.24) is 29.7 Å². The first kappa shape index (κ1) is 37.5. The molecule has 0 bridgehead atoms. The molecule has 2 aromatic carbocycles. The normalized spacial score (nSPS) is 21.1. The Labute approximate surface area is 337 Å². The van der Waals surface area contributed by atoms with Crippen molar-refractivity contribution in [1.29, 1.82) is 0 Å². The molecule has 1 atom stereocenters. The molecule has 58 heavy (non-hydrogen) atoms. The van der Waals surface area contributed by atoms with Crippen molar-refractivity contribution in [3.63, 3.8) is 0 Å². The van der Waals surface area contributed by atoms with Crippen LogP contribution in [0.4, 0.5) is 0 Å². The van der Waals surface area contributed by atoms with Crippen LogP contribution in [0.5, 0.6) is 11.6 Å². The molecule has 12 heteroatoms. The summed E-state index contributed by atoms with van der Waals surface area (Å²) in [7, 11) is 2.09. The molecule has 3 amide bonds. The summed E-state index contributed by atoms with van der Waals surface area (Å²) in [6.07, 6.45) is 12.8. The smallest absolute Gasteiger partial charge is 0.262 e. The number of hydrogen-bond donors (Lipinski definition) is 1. The van der Waals surface area contributed by atoms with Gasteiger partial charge in [0, 0.05) is 91.6 Å². The molecule has 4 aliphatic rings. The number of piperidine rings is 2. The minimum Gasteiger partial charge on any atom is -0.481 e. The molecule has 0 spiro atoms. The largest absolute Gasteiger partial charge is 0.481 e. The highest BCUT2D eigenvalue weighted by Gasteiger charge is 2.44. The summed E-state index contributed by atoms with van der Waals surface area (Å²) in [5.41, 5.74) is 5.62. The fourth-order valence-corrected chi connectivity index (χ4v) is 8.56. The maximum Gasteiger partial charge on any atom is 0.262 e. The van der Waals surface area contributed by atoms with Crippen molar-refractivity contribution in [2.45, 2.75) is 75.7 Å². The number of rotatable bonds is 11. The molecule has 1 unspecified atom stereocenters. The third kappa shape index (κ3) is 7.55. The number of benzene rings is 2. The van der Waals surface area contributed by atoms with Crippen LogP contribution < -0.4 is 14.8 Å². The van der Waals surface area contributed by atoms with Crippen molar-refractivity contribution in [3.05, 3.63) is 96.6 Å². The average Bonchev–Trinajstić information content (AvgIpc) is 3.65. The van der Waals surface area contributed by atoms with Crippen molar-refractivity contribution < 1.29 is 28.6 Å². The van der Waals surface area contributed by atoms with Crippen LogP contribution >= 0.6 is 0 Å². The van der Waals surface area contributed by atoms with E-state index in [-0.39, 0.29) is 42.0 Å². The van der Waals surface area contributed by atoms with E-state index in [2.05, 4.69) is 80.6 Å². The van der Waals surface area contributed by atoms with E-state index in [1.807, 2.05) is 24.7 Å². The summed E-state index contributed by atoms with van der Waals surface area (Å²) in [5, 5.41) is 5.00. The molecule has 296 valence electrons. The number of nitrogens with one attached hydrogen (secondary N) is 1. The Kier molecular flexibility index (Phi) is 10.4. The molecule has 3 aliphatic heterocycles. The van der Waals surface area contributed by atoms with Gasteiger partial charge in [-0.25, -0.2) is 4.98 Å². The van der Waals surface area contributed by atoms with Crippen molar-refractivity contribution >= 4 is 39.5 Å². The Balaban J connectivity index is 0.652. The Hall–Kier alpha value is -6.03. The zero-order chi connectivity index (χ0) is 39.8. The van der Waals surface area contributed by atoms with E-state index in [1.165, 1.54) is 16.4 Å². The number of aromatic nitrogens is 3. The molecule has 6 heterocycles. The van der Waals surface area contributed by atoms with Crippen LogP contribution in [0.3, 0.4) is 0 Å². The molecule has 5 aromatic rings. The fraction of sp³-hybridized carbons (Fsp3) is 0.370. The van der Waals surface area contributed by atoms with Gasteiger partial charge in [0.2, 0.25) is 11.8 Å². The number of carbonyl (C=O) groups is 3. The predicted molar refractivity (Wildman–Crippen MR) is 219 cm³/mol. The van der Waals surface area contributed by atoms with E-state index >= 15 is 0 Å². The highest BCUT2D eigenvalue weighted by Crippen LogP contribution is 2.34. The number of nitrogens with zero attached hydrogens (tertiary/aromatic N) is 5. The fourth-order valence-electron chi connectivity index (χ4n) is 8.56. The quantitative estimate of drug-likeness (QED) is 0.0917. The third-order valence-corrected chi connectivity index (χ3v) is 11.9. The SMILES string of the molecule is C=C1CCC(N2C(=O)c3ccc(OCC#CCCCN4CCC(OC5CC(Oc6ccc(-c7ccc8c9cnccc9n(C)c8c7)cn6)C5)CC4)cc3C2=O)C(=O)N1. The number of imide groups is 1. The number of allylic oxidation sites excluding steroid dienone is 1. The lowest BCUT2D eigenvalue weighted by Crippen LogP contribution is -2.51. The second-order valence-corrected chi connectivity index (χ2v) is 15.7. The van der Waals surface area contributed by atoms with Gasteiger partial charge in [-0.05, 0) is 80.6 Å². The number of amides is 3. The van der Waals surface area contributed by atoms with Gasteiger partial charge in [-0.2, -0.15) is 0 Å². The van der Waals surface area contributed by atoms with Gasteiger partial charge in [-0.15, -0.1) is 0 Å². The molecule has 3 fully saturated rings. The maximum absolute atomic E-state index is 13.1. The topological polar surface area (TPSA) is 128 Å². The number of unbranched alkanes of at least 4 members (excludes halogenated alkanes) is 1. The van der Waals surface area contributed by atoms with Gasteiger partial charge in [0.05, 0.1) is 28.9 Å². The lowest BCUT2D eigenvalue weighted by atomic mass is 9.91. The van der Waals surface area contributed by atoms with Crippen molar-refractivity contribution in [2.24, 2.45) is 7.05 Å². The van der Waals surface area contributed by atoms with Crippen LogP contribution in [0.1, 0.15) is 72.1 Å². The lowest BCUT2D eigenvalue weighted by molar-refractivity contribution is -0.125. The molecule has 12 nitrogen and oxygen atoms in total. The van der Waals surface area contributed by atoms with Crippen LogP contribution in [0, 0.1) is 11.8 Å². The lowest BCUT2D eigenvalue weighted by Gasteiger charge is -2.39. The number of aryl methyl sites for hydroxylation is 1. The minimum atomic E-state index is -0.840. The predicted octanol–water partition coefficient (Wildman–Crippen LogP) is 6.43. The Bertz CT molecular complexity index is 2470. The molecular formula is C46H46N6O6. The first-order valence-electron chi connectivity index (χ1n) is 20.2. The van der Waals surface area contributed by atoms with E-state index in [1.54, 1.807) is 18.2 Å². The maximum atomic E-state index is 13.1. The van der Waals surface area contributed by atoms with Crippen LogP contribution in [0.2, 0.25) is 0 Å². The van der Waals surface area contributed by atoms with Crippen molar-refractivity contribution in [2.75, 3.05) is 26.2 Å². The summed E-state index contributed by atoms with van der Waals surface area (Å²) < 4.78 is 20.6. The van der Waals surface area contributed by atoms with Crippen LogP contribution in [-0.2, 0) is 16.6 Å². The summed E-state index contributed by atoms with van der Waals surface area (Å²) in [6.45, 7) is 6.98. The highest BCUT2D eigenvalue weighted by atomic mass is 16.5. The van der Waals surface area contributed by atoms with E-state index in [0.717, 1.165) is 79.6 Å². The molecule has 9 rings (SSSR count). The summed E-state index contributed by atoms with van der Waals surface area (Å²) in [4.78, 5) is 51.0. The van der Waals surface area contributed by atoms with Gasteiger partial charge in [-0.1, -0.05) is 30.6 Å². The van der Waals surface area contributed by atoms with Crippen LogP contribution in [0.15, 0.2) is 85.5 Å². The van der Waals surface area contributed by atoms with Crippen LogP contribution in [-0.4, -0.2) is 92.7 Å². The number of fused-ring (bicyclic) bond motifs is 4. The number of likely N-dealkylation sites (tertiary alicyclic amines) is 1. The monoisotopic (exact) mass is 778 g/mol. The first-order chi connectivity index (χ1) is 28.3. The van der Waals surface area contributed by atoms with E-state index in [9.17, 15) is 14.4 Å². The summed E-state index contributed by atoms with van der Waals surface area (Å²) in [5.74, 6) is 6.03. The zero-order valence-corrected chi connectivity index (χ0v) is 32.6. The first-order valence-corrected chi connectivity index (χ1v) is 20.2. The molecule has 1 saturated carbocycles. The number of pyridine rings is 2. The highest BCUT2D eigenvalue weighted by molar-refractivity contribution is 6.23. The molecular weight excluding hydrogens is 733 g/mol. The average molecular weight is 779 g/mol. The van der Waals surface area contributed by atoms with Crippen molar-refractivity contribution in [3.8, 4) is 34.6 Å². The van der Waals surface area contributed by atoms with Gasteiger partial charge in [0.1, 0.15) is 24.5 Å².